The van der Waals surface area contributed by atoms with E-state index in [9.17, 15) is 22.0 Å². The van der Waals surface area contributed by atoms with E-state index in [0.29, 0.717) is 13.1 Å². The van der Waals surface area contributed by atoms with Crippen molar-refractivity contribution in [2.45, 2.75) is 50.1 Å². The number of alkyl halides is 5. The van der Waals surface area contributed by atoms with Crippen LogP contribution in [0.4, 0.5) is 39.3 Å². The molecular formula is C18H19F5N4O2. The van der Waals surface area contributed by atoms with Crippen LogP contribution in [0.25, 0.3) is 4.85 Å². The fourth-order valence-corrected chi connectivity index (χ4v) is 4.36. The lowest BCUT2D eigenvalue weighted by molar-refractivity contribution is -0.159. The molecule has 2 fully saturated rings. The maximum Gasteiger partial charge on any atom is 0.408 e. The van der Waals surface area contributed by atoms with Gasteiger partial charge in [0.15, 0.2) is 6.29 Å². The highest BCUT2D eigenvalue weighted by Gasteiger charge is 2.52. The van der Waals surface area contributed by atoms with E-state index in [2.05, 4.69) is 9.83 Å². The molecule has 0 spiro atoms. The number of aliphatic hydroxyl groups excluding tert-OH is 1. The number of rotatable bonds is 4. The largest absolute Gasteiger partial charge is 0.408 e. The Hall–Kier alpha value is -2.19. The fourth-order valence-electron chi connectivity index (χ4n) is 4.36. The van der Waals surface area contributed by atoms with E-state index in [4.69, 9.17) is 16.8 Å². The monoisotopic (exact) mass is 418 g/mol. The van der Waals surface area contributed by atoms with Crippen molar-refractivity contribution in [2.75, 3.05) is 29.4 Å². The third-order valence-electron chi connectivity index (χ3n) is 5.87. The van der Waals surface area contributed by atoms with E-state index in [1.165, 1.54) is 0 Å². The molecule has 0 unspecified atom stereocenters. The quantitative estimate of drug-likeness (QED) is 0.447. The fraction of sp³-hybridized carbons (Fsp3) is 0.667. The highest BCUT2D eigenvalue weighted by Crippen LogP contribution is 2.54. The van der Waals surface area contributed by atoms with Gasteiger partial charge in [-0.15, -0.1) is 0 Å². The molecule has 158 valence electrons. The van der Waals surface area contributed by atoms with Crippen LogP contribution in [0.15, 0.2) is 0 Å². The standard InChI is InChI=1S/C18H19F5N4O2/c1-24-14-13-10(2-4-17(13,19)20)15(26-7-9(8-26)6-12(28)29)25-16(14)27-5-3-11(27)18(21,22)23/h9,11-12,28-29H,2-8H2/t11-/m1/s1. The molecule has 0 amide bonds. The molecule has 1 aromatic rings. The van der Waals surface area contributed by atoms with Gasteiger partial charge in [-0.1, -0.05) is 0 Å². The minimum atomic E-state index is -4.54. The van der Waals surface area contributed by atoms with Crippen molar-refractivity contribution in [1.29, 1.82) is 0 Å². The second-order valence-electron chi connectivity index (χ2n) is 7.80. The number of anilines is 2. The lowest BCUT2D eigenvalue weighted by Crippen LogP contribution is -2.56. The van der Waals surface area contributed by atoms with Crippen molar-refractivity contribution >= 4 is 17.3 Å². The van der Waals surface area contributed by atoms with Gasteiger partial charge in [0.2, 0.25) is 5.69 Å². The summed E-state index contributed by atoms with van der Waals surface area (Å²) in [5.41, 5.74) is -0.800. The van der Waals surface area contributed by atoms with E-state index in [0.717, 1.165) is 4.90 Å². The van der Waals surface area contributed by atoms with E-state index in [1.807, 2.05) is 0 Å². The summed E-state index contributed by atoms with van der Waals surface area (Å²) in [7, 11) is 0. The maximum atomic E-state index is 14.6. The van der Waals surface area contributed by atoms with Gasteiger partial charge in [-0.3, -0.25) is 0 Å². The summed E-state index contributed by atoms with van der Waals surface area (Å²) in [5, 5.41) is 18.1. The number of hydrogen-bond donors (Lipinski definition) is 2. The highest BCUT2D eigenvalue weighted by molar-refractivity contribution is 5.80. The van der Waals surface area contributed by atoms with Crippen molar-refractivity contribution in [3.8, 4) is 0 Å². The SMILES string of the molecule is [C-]#[N+]c1c(N2CC[C@@H]2C(F)(F)F)nc(N2CC(CC(O)O)C2)c2c1C(F)(F)CC2. The second kappa shape index (κ2) is 6.67. The summed E-state index contributed by atoms with van der Waals surface area (Å²) >= 11 is 0. The third-order valence-corrected chi connectivity index (χ3v) is 5.87. The molecule has 1 aliphatic carbocycles. The first-order chi connectivity index (χ1) is 13.5. The zero-order chi connectivity index (χ0) is 21.1. The van der Waals surface area contributed by atoms with Crippen LogP contribution >= 0.6 is 0 Å². The van der Waals surface area contributed by atoms with Crippen LogP contribution in [0.5, 0.6) is 0 Å². The summed E-state index contributed by atoms with van der Waals surface area (Å²) in [5.74, 6) is -3.54. The second-order valence-corrected chi connectivity index (χ2v) is 7.80. The van der Waals surface area contributed by atoms with Gasteiger partial charge in [-0.2, -0.15) is 13.2 Å². The van der Waals surface area contributed by atoms with Gasteiger partial charge in [0.1, 0.15) is 17.7 Å². The van der Waals surface area contributed by atoms with Crippen LogP contribution in [-0.4, -0.2) is 53.3 Å². The molecule has 0 radical (unpaired) electrons. The Morgan fingerprint density at radius 3 is 2.45 bits per heavy atom. The molecule has 1 aromatic heterocycles. The van der Waals surface area contributed by atoms with Crippen LogP contribution in [0.2, 0.25) is 0 Å². The maximum absolute atomic E-state index is 14.6. The van der Waals surface area contributed by atoms with Crippen LogP contribution in [0.3, 0.4) is 0 Å². The molecule has 1 atom stereocenters. The number of fused-ring (bicyclic) bond motifs is 1. The Morgan fingerprint density at radius 2 is 1.93 bits per heavy atom. The van der Waals surface area contributed by atoms with Gasteiger partial charge in [0, 0.05) is 38.0 Å². The predicted molar refractivity (Wildman–Crippen MR) is 93.1 cm³/mol. The first kappa shape index (κ1) is 20.1. The number of halogens is 5. The Bertz CT molecular complexity index is 861. The van der Waals surface area contributed by atoms with Gasteiger partial charge in [0.05, 0.1) is 6.57 Å². The van der Waals surface area contributed by atoms with Crippen LogP contribution in [-0.2, 0) is 12.3 Å². The molecule has 3 aliphatic rings. The van der Waals surface area contributed by atoms with Crippen molar-refractivity contribution in [1.82, 2.24) is 4.98 Å². The summed E-state index contributed by atoms with van der Waals surface area (Å²) < 4.78 is 69.0. The van der Waals surface area contributed by atoms with Crippen molar-refractivity contribution in [3.63, 3.8) is 0 Å². The number of aliphatic hydroxyl groups is 2. The zero-order valence-corrected chi connectivity index (χ0v) is 15.3. The summed E-state index contributed by atoms with van der Waals surface area (Å²) in [4.78, 5) is 10.0. The molecule has 2 aliphatic heterocycles. The summed E-state index contributed by atoms with van der Waals surface area (Å²) in [6.07, 6.45) is -6.62. The first-order valence-corrected chi connectivity index (χ1v) is 9.30. The van der Waals surface area contributed by atoms with E-state index < -0.39 is 42.1 Å². The lowest BCUT2D eigenvalue weighted by Gasteiger charge is -2.45. The van der Waals surface area contributed by atoms with Crippen molar-refractivity contribution < 1.29 is 32.2 Å². The molecule has 0 bridgehead atoms. The Labute approximate surface area is 163 Å². The minimum absolute atomic E-state index is 0.0111. The third kappa shape index (κ3) is 3.28. The molecule has 2 N–H and O–H groups in total. The van der Waals surface area contributed by atoms with Gasteiger partial charge in [-0.25, -0.2) is 18.6 Å². The molecule has 3 heterocycles. The molecule has 0 aromatic carbocycles. The number of pyridine rings is 1. The number of nitrogens with zero attached hydrogens (tertiary/aromatic N) is 4. The van der Waals surface area contributed by atoms with Gasteiger partial charge in [0.25, 0.3) is 5.92 Å². The average Bonchev–Trinajstić information content (AvgIpc) is 2.83. The number of hydrogen-bond acceptors (Lipinski definition) is 5. The van der Waals surface area contributed by atoms with Crippen molar-refractivity contribution in [2.24, 2.45) is 5.92 Å². The Morgan fingerprint density at radius 1 is 1.24 bits per heavy atom. The summed E-state index contributed by atoms with van der Waals surface area (Å²) in [6.45, 7) is 8.02. The molecule has 0 saturated carbocycles. The Kier molecular flexibility index (Phi) is 4.62. The van der Waals surface area contributed by atoms with Gasteiger partial charge in [-0.05, 0) is 24.3 Å². The molecule has 2 saturated heterocycles. The molecule has 6 nitrogen and oxygen atoms in total. The van der Waals surface area contributed by atoms with E-state index in [1.54, 1.807) is 4.90 Å². The predicted octanol–water partition coefficient (Wildman–Crippen LogP) is 2.95. The average molecular weight is 418 g/mol. The van der Waals surface area contributed by atoms with Crippen LogP contribution in [0, 0.1) is 12.5 Å². The van der Waals surface area contributed by atoms with E-state index >= 15 is 0 Å². The number of aromatic nitrogens is 1. The smallest absolute Gasteiger partial charge is 0.368 e. The molecule has 11 heteroatoms. The van der Waals surface area contributed by atoms with E-state index in [-0.39, 0.29) is 48.9 Å². The van der Waals surface area contributed by atoms with Gasteiger partial charge >= 0.3 is 6.18 Å². The molecule has 4 rings (SSSR count). The van der Waals surface area contributed by atoms with Crippen LogP contribution < -0.4 is 9.80 Å². The zero-order valence-electron chi connectivity index (χ0n) is 15.3. The summed E-state index contributed by atoms with van der Waals surface area (Å²) in [6, 6.07) is -1.84. The van der Waals surface area contributed by atoms with Crippen LogP contribution in [0.1, 0.15) is 30.4 Å². The Balaban J connectivity index is 1.76. The van der Waals surface area contributed by atoms with Crippen molar-refractivity contribution in [3.05, 3.63) is 22.5 Å². The van der Waals surface area contributed by atoms with Gasteiger partial charge < -0.3 is 20.0 Å². The first-order valence-electron chi connectivity index (χ1n) is 9.30. The topological polar surface area (TPSA) is 64.2 Å². The molecular weight excluding hydrogens is 399 g/mol. The normalized spacial score (nSPS) is 23.6. The molecule has 29 heavy (non-hydrogen) atoms. The minimum Gasteiger partial charge on any atom is -0.368 e. The lowest BCUT2D eigenvalue weighted by atomic mass is 9.94. The highest BCUT2D eigenvalue weighted by atomic mass is 19.4.